The number of ether oxygens (including phenoxy) is 1. The molecule has 3 saturated heterocycles. The Morgan fingerprint density at radius 2 is 1.71 bits per heavy atom. The number of benzene rings is 2. The number of anilines is 1. The molecule has 3 aliphatic rings. The number of phenols is 1. The van der Waals surface area contributed by atoms with Gasteiger partial charge in [-0.15, -0.1) is 6.42 Å². The maximum absolute atomic E-state index is 16.8. The van der Waals surface area contributed by atoms with E-state index in [1.165, 1.54) is 37.1 Å². The fraction of sp³-hybridized carbons (Fsp3) is 0.487. The quantitative estimate of drug-likeness (QED) is 0.103. The predicted octanol–water partition coefficient (Wildman–Crippen LogP) is 5.29. The number of halogens is 2. The third kappa shape index (κ3) is 7.76. The van der Waals surface area contributed by atoms with E-state index in [0.717, 1.165) is 90.7 Å². The number of terminal acetylenes is 1. The zero-order valence-corrected chi connectivity index (χ0v) is 28.9. The molecule has 2 bridgehead atoms. The molecular weight excluding hydrogens is 652 g/mol. The van der Waals surface area contributed by atoms with Crippen molar-refractivity contribution in [2.75, 3.05) is 63.9 Å². The van der Waals surface area contributed by atoms with Crippen molar-refractivity contribution < 1.29 is 23.4 Å². The van der Waals surface area contributed by atoms with Gasteiger partial charge in [0.25, 0.3) is 0 Å². The van der Waals surface area contributed by atoms with Crippen molar-refractivity contribution in [3.05, 3.63) is 47.7 Å². The molecule has 0 radical (unpaired) electrons. The lowest BCUT2D eigenvalue weighted by Crippen LogP contribution is -2.51. The largest absolute Gasteiger partial charge is 0.508 e. The first kappa shape index (κ1) is 35.0. The van der Waals surface area contributed by atoms with Crippen LogP contribution < -0.4 is 15.0 Å². The van der Waals surface area contributed by atoms with E-state index in [0.29, 0.717) is 41.7 Å². The van der Waals surface area contributed by atoms with Gasteiger partial charge >= 0.3 is 6.01 Å². The number of aromatic hydroxyl groups is 1. The van der Waals surface area contributed by atoms with Crippen molar-refractivity contribution >= 4 is 33.8 Å². The molecule has 2 atom stereocenters. The molecule has 0 amide bonds. The summed E-state index contributed by atoms with van der Waals surface area (Å²) in [5.41, 5.74) is 0.0881. The van der Waals surface area contributed by atoms with E-state index in [-0.39, 0.29) is 39.5 Å². The Balaban J connectivity index is 1.09. The minimum atomic E-state index is -0.725. The minimum absolute atomic E-state index is 0.0312. The number of aldehydes is 1. The topological polar surface area (TPSA) is 107 Å². The van der Waals surface area contributed by atoms with Gasteiger partial charge in [-0.25, -0.2) is 8.78 Å². The van der Waals surface area contributed by atoms with E-state index in [9.17, 15) is 14.3 Å². The Hall–Kier alpha value is -4.44. The van der Waals surface area contributed by atoms with Crippen LogP contribution in [0.5, 0.6) is 11.8 Å². The van der Waals surface area contributed by atoms with Crippen LogP contribution in [0.25, 0.3) is 32.9 Å². The molecule has 2 aromatic carbocycles. The fourth-order valence-corrected chi connectivity index (χ4v) is 7.84. The summed E-state index contributed by atoms with van der Waals surface area (Å²) in [6.07, 6.45) is 16.3. The van der Waals surface area contributed by atoms with Gasteiger partial charge < -0.3 is 34.7 Å². The number of carbonyl (C=O) groups is 1. The highest BCUT2D eigenvalue weighted by molar-refractivity contribution is 6.03. The second kappa shape index (κ2) is 15.8. The first-order valence-electron chi connectivity index (χ1n) is 18.2. The van der Waals surface area contributed by atoms with Gasteiger partial charge in [-0.3, -0.25) is 4.98 Å². The van der Waals surface area contributed by atoms with Crippen LogP contribution in [0.3, 0.4) is 0 Å². The Bertz CT molecular complexity index is 1920. The molecule has 0 aliphatic carbocycles. The molecule has 4 aromatic rings. The lowest BCUT2D eigenvalue weighted by molar-refractivity contribution is -0.107. The highest BCUT2D eigenvalue weighted by Crippen LogP contribution is 2.39. The molecule has 2 aromatic heterocycles. The fourth-order valence-electron chi connectivity index (χ4n) is 7.84. The van der Waals surface area contributed by atoms with E-state index in [4.69, 9.17) is 16.1 Å². The number of unbranched alkanes of at least 4 members (excludes halogenated alkanes) is 4. The van der Waals surface area contributed by atoms with Crippen LogP contribution in [0, 0.1) is 24.0 Å². The first-order chi connectivity index (χ1) is 24.9. The van der Waals surface area contributed by atoms with Crippen molar-refractivity contribution in [1.29, 1.82) is 0 Å². The second-order valence-electron chi connectivity index (χ2n) is 14.0. The van der Waals surface area contributed by atoms with E-state index < -0.39 is 11.6 Å². The number of phenolic OH excluding ortho intramolecular Hbond substituents is 1. The maximum atomic E-state index is 16.8. The zero-order valence-electron chi connectivity index (χ0n) is 28.9. The number of fused-ring (bicyclic) bond motifs is 4. The molecule has 268 valence electrons. The van der Waals surface area contributed by atoms with E-state index in [1.807, 2.05) is 0 Å². The summed E-state index contributed by atoms with van der Waals surface area (Å²) in [4.78, 5) is 31.5. The van der Waals surface area contributed by atoms with Crippen LogP contribution >= 0.6 is 0 Å². The van der Waals surface area contributed by atoms with Crippen molar-refractivity contribution in [1.82, 2.24) is 30.1 Å². The van der Waals surface area contributed by atoms with Crippen molar-refractivity contribution in [3.8, 4) is 35.4 Å². The van der Waals surface area contributed by atoms with Crippen LogP contribution in [0.2, 0.25) is 0 Å². The van der Waals surface area contributed by atoms with Gasteiger partial charge in [0.1, 0.15) is 34.9 Å². The molecule has 0 saturated carbocycles. The summed E-state index contributed by atoms with van der Waals surface area (Å²) in [7, 11) is 0. The highest BCUT2D eigenvalue weighted by Gasteiger charge is 2.34. The Labute approximate surface area is 297 Å². The van der Waals surface area contributed by atoms with Gasteiger partial charge in [-0.1, -0.05) is 24.8 Å². The predicted molar refractivity (Wildman–Crippen MR) is 194 cm³/mol. The van der Waals surface area contributed by atoms with E-state index in [1.54, 1.807) is 6.20 Å². The monoisotopic (exact) mass is 697 g/mol. The molecule has 0 spiro atoms. The summed E-state index contributed by atoms with van der Waals surface area (Å²) in [6.45, 7) is 7.89. The van der Waals surface area contributed by atoms with Gasteiger partial charge in [-0.2, -0.15) is 9.97 Å². The number of hydrogen-bond donors (Lipinski definition) is 2. The number of piperazine rings is 2. The molecule has 12 heteroatoms. The molecule has 5 heterocycles. The van der Waals surface area contributed by atoms with Crippen LogP contribution in [0.1, 0.15) is 56.9 Å². The molecule has 3 fully saturated rings. The number of pyridine rings is 1. The molecule has 51 heavy (non-hydrogen) atoms. The Kier molecular flexibility index (Phi) is 10.9. The normalized spacial score (nSPS) is 19.5. The molecular formula is C39H45F2N7O3. The zero-order chi connectivity index (χ0) is 35.3. The smallest absolute Gasteiger partial charge is 0.319 e. The minimum Gasteiger partial charge on any atom is -0.508 e. The number of carbonyl (C=O) groups excluding carboxylic acids is 1. The molecule has 2 N–H and O–H groups in total. The average Bonchev–Trinajstić information content (AvgIpc) is 3.48. The van der Waals surface area contributed by atoms with Gasteiger partial charge in [0.2, 0.25) is 0 Å². The molecule has 10 nitrogen and oxygen atoms in total. The Morgan fingerprint density at radius 1 is 0.980 bits per heavy atom. The number of hydrogen-bond acceptors (Lipinski definition) is 10. The van der Waals surface area contributed by atoms with E-state index >= 15 is 4.39 Å². The van der Waals surface area contributed by atoms with Gasteiger partial charge in [0.05, 0.1) is 17.6 Å². The highest BCUT2D eigenvalue weighted by atomic mass is 19.1. The molecule has 2 unspecified atom stereocenters. The number of aromatic nitrogens is 3. The van der Waals surface area contributed by atoms with E-state index in [2.05, 4.69) is 35.9 Å². The lowest BCUT2D eigenvalue weighted by Gasteiger charge is -2.34. The van der Waals surface area contributed by atoms with Crippen LogP contribution in [-0.4, -0.2) is 107 Å². The average molecular weight is 698 g/mol. The summed E-state index contributed by atoms with van der Waals surface area (Å²) in [5, 5.41) is 15.4. The molecule has 7 rings (SSSR count). The van der Waals surface area contributed by atoms with Crippen LogP contribution in [0.4, 0.5) is 14.6 Å². The van der Waals surface area contributed by atoms with Gasteiger partial charge in [0, 0.05) is 81.5 Å². The summed E-state index contributed by atoms with van der Waals surface area (Å²) < 4.78 is 37.7. The summed E-state index contributed by atoms with van der Waals surface area (Å²) >= 11 is 0. The third-order valence-corrected chi connectivity index (χ3v) is 10.5. The number of nitrogens with one attached hydrogen (secondary N) is 1. The number of nitrogens with zero attached hydrogens (tertiary/aromatic N) is 6. The summed E-state index contributed by atoms with van der Waals surface area (Å²) in [6, 6.07) is 6.28. The number of rotatable bonds is 14. The van der Waals surface area contributed by atoms with Gasteiger partial charge in [-0.05, 0) is 62.2 Å². The van der Waals surface area contributed by atoms with Crippen molar-refractivity contribution in [2.24, 2.45) is 0 Å². The second-order valence-corrected chi connectivity index (χ2v) is 14.0. The van der Waals surface area contributed by atoms with Crippen LogP contribution in [0.15, 0.2) is 30.5 Å². The summed E-state index contributed by atoms with van der Waals surface area (Å²) in [5.74, 6) is 1.49. The van der Waals surface area contributed by atoms with Crippen LogP contribution in [-0.2, 0) is 4.79 Å². The third-order valence-electron chi connectivity index (χ3n) is 10.5. The maximum Gasteiger partial charge on any atom is 0.319 e. The lowest BCUT2D eigenvalue weighted by atomic mass is 9.96. The Morgan fingerprint density at radius 3 is 2.43 bits per heavy atom. The SMILES string of the molecule is C#Cc1c(F)ccc2cc(O)cc(-c3ncc4c(N5CC6CCC(C5)N6)nc(OCCCN5CCN(CCCCCCC=O)CC5)nc4c3F)c12. The molecule has 3 aliphatic heterocycles. The van der Waals surface area contributed by atoms with Crippen molar-refractivity contribution in [2.45, 2.75) is 63.5 Å². The van der Waals surface area contributed by atoms with Gasteiger partial charge in [0.15, 0.2) is 5.82 Å². The standard InChI is InChI=1S/C39H45F2N7O3/c1-2-30-33(40)12-9-26-21-29(50)22-31(34(26)30)36-35(41)37-32(23-42-36)38(48-24-27-10-11-28(25-48)43-27)45-39(44-37)51-20-8-14-47-17-15-46(16-18-47)13-6-4-3-5-7-19-49/h1,9,12,19,21-23,27-28,43,50H,3-8,10-11,13-18,20,24-25H2. The van der Waals surface area contributed by atoms with Crippen molar-refractivity contribution in [3.63, 3.8) is 0 Å². The first-order valence-corrected chi connectivity index (χ1v) is 18.2.